The lowest BCUT2D eigenvalue weighted by Crippen LogP contribution is -2.40. The molecule has 1 heterocycles. The number of benzene rings is 2. The first-order valence-corrected chi connectivity index (χ1v) is 9.13. The maximum atomic E-state index is 12.3. The number of H-pyrrole nitrogens is 1. The first-order chi connectivity index (χ1) is 12.9. The molecule has 3 rings (SSSR count). The maximum absolute atomic E-state index is 12.3. The lowest BCUT2D eigenvalue weighted by atomic mass is 9.90. The summed E-state index contributed by atoms with van der Waals surface area (Å²) in [7, 11) is 1.65. The van der Waals surface area contributed by atoms with Gasteiger partial charge in [0, 0.05) is 41.5 Å². The van der Waals surface area contributed by atoms with E-state index in [-0.39, 0.29) is 18.2 Å². The minimum atomic E-state index is -0.527. The predicted octanol–water partition coefficient (Wildman–Crippen LogP) is 3.55. The van der Waals surface area contributed by atoms with Gasteiger partial charge in [0.15, 0.2) is 0 Å². The van der Waals surface area contributed by atoms with Gasteiger partial charge >= 0.3 is 0 Å². The van der Waals surface area contributed by atoms with Crippen molar-refractivity contribution in [2.45, 2.75) is 31.7 Å². The largest absolute Gasteiger partial charge is 0.497 e. The Morgan fingerprint density at radius 2 is 1.89 bits per heavy atom. The predicted molar refractivity (Wildman–Crippen MR) is 109 cm³/mol. The van der Waals surface area contributed by atoms with Crippen molar-refractivity contribution in [3.05, 3.63) is 65.9 Å². The third-order valence-electron chi connectivity index (χ3n) is 4.63. The lowest BCUT2D eigenvalue weighted by Gasteiger charge is -2.21. The van der Waals surface area contributed by atoms with Crippen LogP contribution >= 0.6 is 0 Å². The Bertz CT molecular complexity index is 907. The van der Waals surface area contributed by atoms with Crippen molar-refractivity contribution in [3.63, 3.8) is 0 Å². The SMILES string of the molecule is COc1ccc(C(CNC(=O)CC(C)(C)N)c2c[nH]c3ccccc23)cc1. The second-order valence-corrected chi connectivity index (χ2v) is 7.58. The number of para-hydroxylation sites is 1. The number of rotatable bonds is 7. The molecule has 1 unspecified atom stereocenters. The Morgan fingerprint density at radius 3 is 2.56 bits per heavy atom. The van der Waals surface area contributed by atoms with Gasteiger partial charge < -0.3 is 20.8 Å². The highest BCUT2D eigenvalue weighted by molar-refractivity contribution is 5.84. The zero-order chi connectivity index (χ0) is 19.4. The van der Waals surface area contributed by atoms with E-state index < -0.39 is 5.54 Å². The molecule has 0 saturated carbocycles. The van der Waals surface area contributed by atoms with Crippen molar-refractivity contribution in [1.29, 1.82) is 0 Å². The molecule has 142 valence electrons. The van der Waals surface area contributed by atoms with E-state index in [2.05, 4.69) is 22.4 Å². The van der Waals surface area contributed by atoms with E-state index in [0.717, 1.165) is 27.8 Å². The highest BCUT2D eigenvalue weighted by Gasteiger charge is 2.21. The molecule has 0 saturated heterocycles. The summed E-state index contributed by atoms with van der Waals surface area (Å²) in [6.45, 7) is 4.21. The number of ether oxygens (including phenoxy) is 1. The molecule has 0 aliphatic heterocycles. The van der Waals surface area contributed by atoms with Crippen LogP contribution in [0.4, 0.5) is 0 Å². The highest BCUT2D eigenvalue weighted by Crippen LogP contribution is 2.31. The number of methoxy groups -OCH3 is 1. The Morgan fingerprint density at radius 1 is 1.19 bits per heavy atom. The number of carbonyl (C=O) groups excluding carboxylic acids is 1. The zero-order valence-corrected chi connectivity index (χ0v) is 16.1. The molecule has 1 aromatic heterocycles. The molecule has 3 aromatic rings. The van der Waals surface area contributed by atoms with Crippen molar-refractivity contribution < 1.29 is 9.53 Å². The number of nitrogens with two attached hydrogens (primary N) is 1. The number of aromatic amines is 1. The highest BCUT2D eigenvalue weighted by atomic mass is 16.5. The Balaban J connectivity index is 1.90. The molecular formula is C22H27N3O2. The fourth-order valence-corrected chi connectivity index (χ4v) is 3.32. The van der Waals surface area contributed by atoms with Gasteiger partial charge in [-0.2, -0.15) is 0 Å². The molecule has 27 heavy (non-hydrogen) atoms. The van der Waals surface area contributed by atoms with Crippen LogP contribution in [0.5, 0.6) is 5.75 Å². The first kappa shape index (κ1) is 19.0. The van der Waals surface area contributed by atoms with Gasteiger partial charge in [-0.3, -0.25) is 4.79 Å². The van der Waals surface area contributed by atoms with Crippen LogP contribution in [0.3, 0.4) is 0 Å². The maximum Gasteiger partial charge on any atom is 0.221 e. The summed E-state index contributed by atoms with van der Waals surface area (Å²) >= 11 is 0. The molecule has 1 atom stereocenters. The molecule has 0 radical (unpaired) electrons. The summed E-state index contributed by atoms with van der Waals surface area (Å²) in [4.78, 5) is 15.6. The lowest BCUT2D eigenvalue weighted by molar-refractivity contribution is -0.122. The third-order valence-corrected chi connectivity index (χ3v) is 4.63. The zero-order valence-electron chi connectivity index (χ0n) is 16.1. The minimum Gasteiger partial charge on any atom is -0.497 e. The average Bonchev–Trinajstić information content (AvgIpc) is 3.05. The van der Waals surface area contributed by atoms with Crippen LogP contribution in [0.25, 0.3) is 10.9 Å². The van der Waals surface area contributed by atoms with Gasteiger partial charge in [0.1, 0.15) is 5.75 Å². The number of hydrogen-bond acceptors (Lipinski definition) is 3. The third kappa shape index (κ3) is 4.68. The van der Waals surface area contributed by atoms with Crippen molar-refractivity contribution >= 4 is 16.8 Å². The second-order valence-electron chi connectivity index (χ2n) is 7.58. The van der Waals surface area contributed by atoms with Crippen LogP contribution in [0.15, 0.2) is 54.7 Å². The van der Waals surface area contributed by atoms with Crippen molar-refractivity contribution in [3.8, 4) is 5.75 Å². The number of amides is 1. The molecule has 5 nitrogen and oxygen atoms in total. The van der Waals surface area contributed by atoms with Crippen molar-refractivity contribution in [2.24, 2.45) is 5.73 Å². The fraction of sp³-hybridized carbons (Fsp3) is 0.318. The number of aromatic nitrogens is 1. The normalized spacial score (nSPS) is 12.7. The van der Waals surface area contributed by atoms with Crippen molar-refractivity contribution in [1.82, 2.24) is 10.3 Å². The number of hydrogen-bond donors (Lipinski definition) is 3. The van der Waals surface area contributed by atoms with E-state index in [1.165, 1.54) is 0 Å². The molecule has 0 bridgehead atoms. The summed E-state index contributed by atoms with van der Waals surface area (Å²) in [6, 6.07) is 16.2. The Kier molecular flexibility index (Phi) is 5.51. The van der Waals surface area contributed by atoms with E-state index in [9.17, 15) is 4.79 Å². The number of carbonyl (C=O) groups is 1. The van der Waals surface area contributed by atoms with Crippen LogP contribution in [0, 0.1) is 0 Å². The fourth-order valence-electron chi connectivity index (χ4n) is 3.32. The van der Waals surface area contributed by atoms with Gasteiger partial charge in [0.25, 0.3) is 0 Å². The van der Waals surface area contributed by atoms with Crippen LogP contribution < -0.4 is 15.8 Å². The molecule has 0 spiro atoms. The average molecular weight is 365 g/mol. The van der Waals surface area contributed by atoms with E-state index in [0.29, 0.717) is 6.54 Å². The van der Waals surface area contributed by atoms with Gasteiger partial charge in [-0.1, -0.05) is 30.3 Å². The standard InChI is InChI=1S/C22H27N3O2/c1-22(2,23)12-21(26)25-13-18(15-8-10-16(27-3)11-9-15)19-14-24-20-7-5-4-6-17(19)20/h4-11,14,18,24H,12-13,23H2,1-3H3,(H,25,26). The van der Waals surface area contributed by atoms with Crippen LogP contribution in [0.1, 0.15) is 37.3 Å². The molecule has 0 aliphatic rings. The van der Waals surface area contributed by atoms with Crippen LogP contribution in [0.2, 0.25) is 0 Å². The van der Waals surface area contributed by atoms with Crippen molar-refractivity contribution in [2.75, 3.05) is 13.7 Å². The van der Waals surface area contributed by atoms with Gasteiger partial charge in [-0.05, 0) is 43.2 Å². The molecule has 1 amide bonds. The van der Waals surface area contributed by atoms with Gasteiger partial charge in [-0.25, -0.2) is 0 Å². The summed E-state index contributed by atoms with van der Waals surface area (Å²) < 4.78 is 5.27. The number of nitrogens with one attached hydrogen (secondary N) is 2. The van der Waals surface area contributed by atoms with E-state index in [1.807, 2.05) is 56.4 Å². The molecule has 0 aliphatic carbocycles. The summed E-state index contributed by atoms with van der Waals surface area (Å²) in [6.07, 6.45) is 2.31. The second kappa shape index (κ2) is 7.84. The smallest absolute Gasteiger partial charge is 0.221 e. The molecule has 5 heteroatoms. The van der Waals surface area contributed by atoms with Gasteiger partial charge in [0.2, 0.25) is 5.91 Å². The monoisotopic (exact) mass is 365 g/mol. The molecule has 0 fully saturated rings. The summed E-state index contributed by atoms with van der Waals surface area (Å²) in [5, 5.41) is 4.21. The summed E-state index contributed by atoms with van der Waals surface area (Å²) in [5.74, 6) is 0.795. The summed E-state index contributed by atoms with van der Waals surface area (Å²) in [5.41, 5.74) is 8.81. The topological polar surface area (TPSA) is 80.1 Å². The Labute approximate surface area is 159 Å². The molecule has 4 N–H and O–H groups in total. The minimum absolute atomic E-state index is 0.0249. The number of fused-ring (bicyclic) bond motifs is 1. The molecular weight excluding hydrogens is 338 g/mol. The Hall–Kier alpha value is -2.79. The van der Waals surface area contributed by atoms with Crippen LogP contribution in [-0.2, 0) is 4.79 Å². The first-order valence-electron chi connectivity index (χ1n) is 9.13. The van der Waals surface area contributed by atoms with Gasteiger partial charge in [0.05, 0.1) is 7.11 Å². The van der Waals surface area contributed by atoms with E-state index in [1.54, 1.807) is 7.11 Å². The molecule has 2 aromatic carbocycles. The van der Waals surface area contributed by atoms with Gasteiger partial charge in [-0.15, -0.1) is 0 Å². The van der Waals surface area contributed by atoms with Crippen LogP contribution in [-0.4, -0.2) is 30.1 Å². The van der Waals surface area contributed by atoms with E-state index in [4.69, 9.17) is 10.5 Å². The van der Waals surface area contributed by atoms with E-state index >= 15 is 0 Å². The quantitative estimate of drug-likeness (QED) is 0.599.